The molecule has 3 rings (SSSR count). The molecule has 0 aliphatic carbocycles. The first-order chi connectivity index (χ1) is 7.76. The minimum atomic E-state index is -0.477. The average molecular weight is 218 g/mol. The number of β-amino-alcohol motifs (C(OH)–C–C–N with tert-alkyl or cyclic N) is 1. The van der Waals surface area contributed by atoms with E-state index in [1.54, 1.807) is 0 Å². The molecule has 0 saturated carbocycles. The van der Waals surface area contributed by atoms with Crippen LogP contribution in [0.3, 0.4) is 0 Å². The van der Waals surface area contributed by atoms with Gasteiger partial charge in [0.2, 0.25) is 0 Å². The second-order valence-corrected chi connectivity index (χ2v) is 5.09. The van der Waals surface area contributed by atoms with Crippen molar-refractivity contribution in [1.29, 1.82) is 0 Å². The van der Waals surface area contributed by atoms with Crippen LogP contribution in [0.1, 0.15) is 5.56 Å². The van der Waals surface area contributed by atoms with E-state index in [4.69, 9.17) is 0 Å². The third-order valence-corrected chi connectivity index (χ3v) is 3.81. The summed E-state index contributed by atoms with van der Waals surface area (Å²) in [6.07, 6.45) is 0. The molecule has 2 heterocycles. The van der Waals surface area contributed by atoms with Gasteiger partial charge in [0.05, 0.1) is 5.60 Å². The number of hydrogen-bond donors (Lipinski definition) is 2. The van der Waals surface area contributed by atoms with Crippen molar-refractivity contribution < 1.29 is 5.11 Å². The molecule has 86 valence electrons. The van der Waals surface area contributed by atoms with E-state index in [9.17, 15) is 5.11 Å². The Kier molecular flexibility index (Phi) is 2.46. The van der Waals surface area contributed by atoms with Crippen molar-refractivity contribution in [2.75, 3.05) is 26.2 Å². The number of aliphatic hydroxyl groups is 1. The predicted molar refractivity (Wildman–Crippen MR) is 63.0 cm³/mol. The van der Waals surface area contributed by atoms with E-state index >= 15 is 0 Å². The van der Waals surface area contributed by atoms with Gasteiger partial charge in [-0.1, -0.05) is 30.3 Å². The Morgan fingerprint density at radius 3 is 2.94 bits per heavy atom. The lowest BCUT2D eigenvalue weighted by Crippen LogP contribution is -2.39. The smallest absolute Gasteiger partial charge is 0.0949 e. The Balaban J connectivity index is 1.67. The van der Waals surface area contributed by atoms with Crippen LogP contribution in [-0.2, 0) is 6.54 Å². The maximum absolute atomic E-state index is 10.4. The molecule has 2 unspecified atom stereocenters. The summed E-state index contributed by atoms with van der Waals surface area (Å²) >= 11 is 0. The maximum atomic E-state index is 10.4. The Morgan fingerprint density at radius 2 is 2.19 bits per heavy atom. The minimum absolute atomic E-state index is 0.413. The summed E-state index contributed by atoms with van der Waals surface area (Å²) in [4.78, 5) is 2.36. The standard InChI is InChI=1S/C13H18N2O/c16-13-9-14-6-12(13)8-15(10-13)7-11-4-2-1-3-5-11/h1-5,12,14,16H,6-10H2. The summed E-state index contributed by atoms with van der Waals surface area (Å²) in [5, 5.41) is 13.6. The van der Waals surface area contributed by atoms with Crippen LogP contribution in [0.4, 0.5) is 0 Å². The Labute approximate surface area is 96.1 Å². The Hall–Kier alpha value is -0.900. The number of nitrogens with one attached hydrogen (secondary N) is 1. The van der Waals surface area contributed by atoms with Crippen LogP contribution in [0.25, 0.3) is 0 Å². The van der Waals surface area contributed by atoms with Crippen molar-refractivity contribution in [2.24, 2.45) is 5.92 Å². The summed E-state index contributed by atoms with van der Waals surface area (Å²) in [6.45, 7) is 4.49. The van der Waals surface area contributed by atoms with Crippen LogP contribution in [0.5, 0.6) is 0 Å². The van der Waals surface area contributed by atoms with E-state index in [0.29, 0.717) is 5.92 Å². The molecule has 3 nitrogen and oxygen atoms in total. The fourth-order valence-corrected chi connectivity index (χ4v) is 2.94. The topological polar surface area (TPSA) is 35.5 Å². The number of hydrogen-bond acceptors (Lipinski definition) is 3. The Morgan fingerprint density at radius 1 is 1.38 bits per heavy atom. The van der Waals surface area contributed by atoms with E-state index in [1.165, 1.54) is 5.56 Å². The first-order valence-electron chi connectivity index (χ1n) is 5.96. The molecule has 16 heavy (non-hydrogen) atoms. The number of likely N-dealkylation sites (tertiary alicyclic amines) is 1. The number of nitrogens with zero attached hydrogens (tertiary/aromatic N) is 1. The predicted octanol–water partition coefficient (Wildman–Crippen LogP) is 0.453. The second kappa shape index (κ2) is 3.84. The molecule has 2 aliphatic rings. The molecule has 3 heteroatoms. The van der Waals surface area contributed by atoms with E-state index < -0.39 is 5.60 Å². The fourth-order valence-electron chi connectivity index (χ4n) is 2.94. The van der Waals surface area contributed by atoms with Gasteiger partial charge >= 0.3 is 0 Å². The fraction of sp³-hybridized carbons (Fsp3) is 0.538. The highest BCUT2D eigenvalue weighted by Crippen LogP contribution is 2.31. The lowest BCUT2D eigenvalue weighted by molar-refractivity contribution is 0.0440. The van der Waals surface area contributed by atoms with Crippen LogP contribution >= 0.6 is 0 Å². The van der Waals surface area contributed by atoms with Crippen molar-refractivity contribution in [3.63, 3.8) is 0 Å². The largest absolute Gasteiger partial charge is 0.387 e. The molecule has 2 saturated heterocycles. The van der Waals surface area contributed by atoms with Crippen LogP contribution in [0.2, 0.25) is 0 Å². The van der Waals surface area contributed by atoms with Crippen molar-refractivity contribution in [1.82, 2.24) is 10.2 Å². The zero-order chi connectivity index (χ0) is 11.0. The van der Waals surface area contributed by atoms with Gasteiger partial charge in [0, 0.05) is 38.6 Å². The highest BCUT2D eigenvalue weighted by molar-refractivity contribution is 5.15. The molecule has 0 bridgehead atoms. The van der Waals surface area contributed by atoms with Crippen LogP contribution in [0, 0.1) is 5.92 Å². The van der Waals surface area contributed by atoms with Gasteiger partial charge in [-0.15, -0.1) is 0 Å². The lowest BCUT2D eigenvalue weighted by atomic mass is 9.95. The molecule has 0 amide bonds. The van der Waals surface area contributed by atoms with Gasteiger partial charge in [0.15, 0.2) is 0 Å². The zero-order valence-electron chi connectivity index (χ0n) is 9.39. The lowest BCUT2D eigenvalue weighted by Gasteiger charge is -2.21. The van der Waals surface area contributed by atoms with Gasteiger partial charge in [-0.2, -0.15) is 0 Å². The Bertz CT molecular complexity index is 367. The number of rotatable bonds is 2. The molecule has 0 aromatic heterocycles. The van der Waals surface area contributed by atoms with Gasteiger partial charge in [-0.05, 0) is 5.56 Å². The molecule has 0 radical (unpaired) electrons. The molecule has 2 aliphatic heterocycles. The monoisotopic (exact) mass is 218 g/mol. The molecule has 0 spiro atoms. The normalized spacial score (nSPS) is 34.2. The van der Waals surface area contributed by atoms with Crippen molar-refractivity contribution >= 4 is 0 Å². The summed E-state index contributed by atoms with van der Waals surface area (Å²) in [6, 6.07) is 10.5. The van der Waals surface area contributed by atoms with E-state index in [-0.39, 0.29) is 0 Å². The first kappa shape index (κ1) is 10.3. The second-order valence-electron chi connectivity index (χ2n) is 5.09. The van der Waals surface area contributed by atoms with E-state index in [2.05, 4.69) is 34.5 Å². The van der Waals surface area contributed by atoms with Crippen LogP contribution in [0.15, 0.2) is 30.3 Å². The minimum Gasteiger partial charge on any atom is -0.387 e. The highest BCUT2D eigenvalue weighted by Gasteiger charge is 2.47. The third-order valence-electron chi connectivity index (χ3n) is 3.81. The highest BCUT2D eigenvalue weighted by atomic mass is 16.3. The molecule has 1 aromatic carbocycles. The quantitative estimate of drug-likeness (QED) is 0.756. The van der Waals surface area contributed by atoms with Crippen LogP contribution < -0.4 is 5.32 Å². The zero-order valence-corrected chi connectivity index (χ0v) is 9.39. The maximum Gasteiger partial charge on any atom is 0.0949 e. The van der Waals surface area contributed by atoms with Crippen molar-refractivity contribution in [2.45, 2.75) is 12.1 Å². The van der Waals surface area contributed by atoms with Crippen molar-refractivity contribution in [3.8, 4) is 0 Å². The molecular formula is C13H18N2O. The SMILES string of the molecule is OC12CNCC1CN(Cc1ccccc1)C2. The third kappa shape index (κ3) is 1.75. The molecule has 2 atom stereocenters. The molecule has 2 N–H and O–H groups in total. The van der Waals surface area contributed by atoms with Gasteiger partial charge in [0.1, 0.15) is 0 Å². The van der Waals surface area contributed by atoms with Gasteiger partial charge in [0.25, 0.3) is 0 Å². The summed E-state index contributed by atoms with van der Waals surface area (Å²) in [5.41, 5.74) is 0.855. The number of fused-ring (bicyclic) bond motifs is 1. The van der Waals surface area contributed by atoms with E-state index in [1.807, 2.05) is 6.07 Å². The molecule has 1 aromatic rings. The van der Waals surface area contributed by atoms with Crippen LogP contribution in [-0.4, -0.2) is 41.8 Å². The molecule has 2 fully saturated rings. The summed E-state index contributed by atoms with van der Waals surface area (Å²) in [5.74, 6) is 0.413. The first-order valence-corrected chi connectivity index (χ1v) is 5.96. The summed E-state index contributed by atoms with van der Waals surface area (Å²) < 4.78 is 0. The van der Waals surface area contributed by atoms with Gasteiger partial charge in [-0.3, -0.25) is 4.90 Å². The summed E-state index contributed by atoms with van der Waals surface area (Å²) in [7, 11) is 0. The van der Waals surface area contributed by atoms with Crippen molar-refractivity contribution in [3.05, 3.63) is 35.9 Å². The van der Waals surface area contributed by atoms with E-state index in [0.717, 1.165) is 32.7 Å². The number of benzene rings is 1. The van der Waals surface area contributed by atoms with Gasteiger partial charge in [-0.25, -0.2) is 0 Å². The molecular weight excluding hydrogens is 200 g/mol. The average Bonchev–Trinajstić information content (AvgIpc) is 2.74. The van der Waals surface area contributed by atoms with Gasteiger partial charge < -0.3 is 10.4 Å².